The summed E-state index contributed by atoms with van der Waals surface area (Å²) in [6.45, 7) is 8.72. The maximum absolute atomic E-state index is 10.3. The topological polar surface area (TPSA) is 23.5 Å². The Bertz CT molecular complexity index is 426. The second-order valence-corrected chi connectivity index (χ2v) is 7.33. The van der Waals surface area contributed by atoms with Gasteiger partial charge >= 0.3 is 0 Å². The van der Waals surface area contributed by atoms with E-state index in [2.05, 4.69) is 57.0 Å². The molecular weight excluding hydrogens is 258 g/mol. The van der Waals surface area contributed by atoms with E-state index in [1.165, 1.54) is 24.0 Å². The first kappa shape index (κ1) is 16.5. The van der Waals surface area contributed by atoms with Gasteiger partial charge in [0.1, 0.15) is 0 Å². The standard InChI is InChI=1S/C19H31NO/c1-14(2)17-9-10-19(21)18(11-17)13-20(4)12-16-7-5-15(3)6-8-16/h5-8,14,17-19,21H,9-13H2,1-4H3. The van der Waals surface area contributed by atoms with Crippen LogP contribution in [0.1, 0.15) is 44.2 Å². The number of rotatable bonds is 5. The number of benzene rings is 1. The molecule has 1 aliphatic carbocycles. The number of aliphatic hydroxyl groups excluding tert-OH is 1. The lowest BCUT2D eigenvalue weighted by Crippen LogP contribution is -2.38. The average molecular weight is 289 g/mol. The van der Waals surface area contributed by atoms with E-state index in [0.717, 1.165) is 31.3 Å². The van der Waals surface area contributed by atoms with Gasteiger partial charge in [-0.1, -0.05) is 43.7 Å². The van der Waals surface area contributed by atoms with Gasteiger partial charge in [-0.25, -0.2) is 0 Å². The van der Waals surface area contributed by atoms with E-state index in [1.807, 2.05) is 0 Å². The molecule has 2 heteroatoms. The SMILES string of the molecule is Cc1ccc(CN(C)CC2CC(C(C)C)CCC2O)cc1. The highest BCUT2D eigenvalue weighted by molar-refractivity contribution is 5.21. The highest BCUT2D eigenvalue weighted by Gasteiger charge is 2.31. The van der Waals surface area contributed by atoms with Crippen LogP contribution in [-0.2, 0) is 6.54 Å². The van der Waals surface area contributed by atoms with Crippen LogP contribution in [0.3, 0.4) is 0 Å². The first-order valence-electron chi connectivity index (χ1n) is 8.38. The molecule has 3 atom stereocenters. The zero-order chi connectivity index (χ0) is 15.4. The minimum absolute atomic E-state index is 0.111. The zero-order valence-corrected chi connectivity index (χ0v) is 14.0. The van der Waals surface area contributed by atoms with Gasteiger partial charge < -0.3 is 10.0 Å². The van der Waals surface area contributed by atoms with Crippen molar-refractivity contribution in [2.75, 3.05) is 13.6 Å². The average Bonchev–Trinajstić information content (AvgIpc) is 2.43. The molecule has 0 saturated heterocycles. The van der Waals surface area contributed by atoms with Gasteiger partial charge in [-0.2, -0.15) is 0 Å². The van der Waals surface area contributed by atoms with Crippen LogP contribution in [0.2, 0.25) is 0 Å². The molecule has 0 bridgehead atoms. The third-order valence-corrected chi connectivity index (χ3v) is 5.04. The van der Waals surface area contributed by atoms with Crippen LogP contribution in [0.5, 0.6) is 0 Å². The van der Waals surface area contributed by atoms with Crippen molar-refractivity contribution in [3.8, 4) is 0 Å². The van der Waals surface area contributed by atoms with Crippen LogP contribution in [0.4, 0.5) is 0 Å². The van der Waals surface area contributed by atoms with Gasteiger partial charge in [-0.15, -0.1) is 0 Å². The third-order valence-electron chi connectivity index (χ3n) is 5.04. The smallest absolute Gasteiger partial charge is 0.0580 e. The summed E-state index contributed by atoms with van der Waals surface area (Å²) in [6, 6.07) is 8.76. The number of aryl methyl sites for hydroxylation is 1. The molecule has 21 heavy (non-hydrogen) atoms. The molecule has 1 N–H and O–H groups in total. The van der Waals surface area contributed by atoms with Crippen molar-refractivity contribution in [3.63, 3.8) is 0 Å². The lowest BCUT2D eigenvalue weighted by molar-refractivity contribution is 0.0214. The Hall–Kier alpha value is -0.860. The normalized spacial score (nSPS) is 26.5. The molecule has 2 rings (SSSR count). The molecule has 0 radical (unpaired) electrons. The maximum Gasteiger partial charge on any atom is 0.0580 e. The second-order valence-electron chi connectivity index (χ2n) is 7.33. The van der Waals surface area contributed by atoms with Crippen molar-refractivity contribution >= 4 is 0 Å². The monoisotopic (exact) mass is 289 g/mol. The van der Waals surface area contributed by atoms with Crippen molar-refractivity contribution in [3.05, 3.63) is 35.4 Å². The fourth-order valence-electron chi connectivity index (χ4n) is 3.56. The van der Waals surface area contributed by atoms with Crippen molar-refractivity contribution in [1.29, 1.82) is 0 Å². The fourth-order valence-corrected chi connectivity index (χ4v) is 3.56. The predicted molar refractivity (Wildman–Crippen MR) is 89.2 cm³/mol. The Morgan fingerprint density at radius 1 is 1.19 bits per heavy atom. The molecule has 2 nitrogen and oxygen atoms in total. The van der Waals surface area contributed by atoms with Gasteiger partial charge in [0, 0.05) is 13.1 Å². The molecule has 0 spiro atoms. The lowest BCUT2D eigenvalue weighted by Gasteiger charge is -2.37. The quantitative estimate of drug-likeness (QED) is 0.889. The summed E-state index contributed by atoms with van der Waals surface area (Å²) in [5, 5.41) is 10.3. The summed E-state index contributed by atoms with van der Waals surface area (Å²) in [5.41, 5.74) is 2.66. The minimum atomic E-state index is -0.111. The Labute approximate surface area is 130 Å². The van der Waals surface area contributed by atoms with Crippen LogP contribution in [0.15, 0.2) is 24.3 Å². The molecule has 0 amide bonds. The minimum Gasteiger partial charge on any atom is -0.393 e. The fraction of sp³-hybridized carbons (Fsp3) is 0.684. The Morgan fingerprint density at radius 3 is 2.48 bits per heavy atom. The van der Waals surface area contributed by atoms with E-state index >= 15 is 0 Å². The van der Waals surface area contributed by atoms with Gasteiger partial charge in [0.15, 0.2) is 0 Å². The Balaban J connectivity index is 1.88. The van der Waals surface area contributed by atoms with Crippen molar-refractivity contribution in [2.45, 2.75) is 52.7 Å². The van der Waals surface area contributed by atoms with E-state index in [-0.39, 0.29) is 6.10 Å². The third kappa shape index (κ3) is 4.82. The van der Waals surface area contributed by atoms with E-state index in [1.54, 1.807) is 0 Å². The van der Waals surface area contributed by atoms with Crippen LogP contribution >= 0.6 is 0 Å². The summed E-state index contributed by atoms with van der Waals surface area (Å²) >= 11 is 0. The van der Waals surface area contributed by atoms with E-state index in [9.17, 15) is 5.11 Å². The van der Waals surface area contributed by atoms with E-state index in [4.69, 9.17) is 0 Å². The van der Waals surface area contributed by atoms with Gasteiger partial charge in [-0.05, 0) is 56.6 Å². The van der Waals surface area contributed by atoms with Crippen molar-refractivity contribution in [2.24, 2.45) is 17.8 Å². The molecule has 0 aromatic heterocycles. The Kier molecular flexibility index (Phi) is 5.83. The molecule has 1 fully saturated rings. The summed E-state index contributed by atoms with van der Waals surface area (Å²) in [6.07, 6.45) is 3.24. The maximum atomic E-state index is 10.3. The molecule has 0 heterocycles. The van der Waals surface area contributed by atoms with Gasteiger partial charge in [0.25, 0.3) is 0 Å². The number of hydrogen-bond donors (Lipinski definition) is 1. The molecule has 118 valence electrons. The summed E-state index contributed by atoms with van der Waals surface area (Å²) < 4.78 is 0. The first-order chi connectivity index (χ1) is 9.95. The molecule has 1 aromatic rings. The number of nitrogens with zero attached hydrogens (tertiary/aromatic N) is 1. The number of hydrogen-bond acceptors (Lipinski definition) is 2. The molecule has 1 aromatic carbocycles. The summed E-state index contributed by atoms with van der Waals surface area (Å²) in [5.74, 6) is 1.95. The molecule has 0 aliphatic heterocycles. The van der Waals surface area contributed by atoms with Crippen molar-refractivity contribution in [1.82, 2.24) is 4.90 Å². The molecular formula is C19H31NO. The second kappa shape index (κ2) is 7.42. The van der Waals surface area contributed by atoms with E-state index < -0.39 is 0 Å². The Morgan fingerprint density at radius 2 is 1.86 bits per heavy atom. The summed E-state index contributed by atoms with van der Waals surface area (Å²) in [7, 11) is 2.17. The lowest BCUT2D eigenvalue weighted by atomic mass is 9.74. The van der Waals surface area contributed by atoms with Crippen LogP contribution in [0, 0.1) is 24.7 Å². The van der Waals surface area contributed by atoms with Crippen molar-refractivity contribution < 1.29 is 5.11 Å². The zero-order valence-electron chi connectivity index (χ0n) is 14.0. The van der Waals surface area contributed by atoms with E-state index in [0.29, 0.717) is 5.92 Å². The van der Waals surface area contributed by atoms with Gasteiger partial charge in [0.2, 0.25) is 0 Å². The predicted octanol–water partition coefficient (Wildman–Crippen LogP) is 3.86. The molecule has 1 saturated carbocycles. The van der Waals surface area contributed by atoms with Crippen LogP contribution in [-0.4, -0.2) is 29.7 Å². The summed E-state index contributed by atoms with van der Waals surface area (Å²) in [4.78, 5) is 2.36. The van der Waals surface area contributed by atoms with Gasteiger partial charge in [0.05, 0.1) is 6.10 Å². The van der Waals surface area contributed by atoms with Crippen LogP contribution in [0.25, 0.3) is 0 Å². The van der Waals surface area contributed by atoms with Gasteiger partial charge in [-0.3, -0.25) is 0 Å². The van der Waals surface area contributed by atoms with Crippen LogP contribution < -0.4 is 0 Å². The largest absolute Gasteiger partial charge is 0.393 e. The molecule has 1 aliphatic rings. The molecule has 3 unspecified atom stereocenters. The number of aliphatic hydroxyl groups is 1. The highest BCUT2D eigenvalue weighted by atomic mass is 16.3. The first-order valence-corrected chi connectivity index (χ1v) is 8.38. The highest BCUT2D eigenvalue weighted by Crippen LogP contribution is 2.34.